The van der Waals surface area contributed by atoms with Gasteiger partial charge < -0.3 is 18.1 Å². The summed E-state index contributed by atoms with van der Waals surface area (Å²) in [6.07, 6.45) is 7.30. The van der Waals surface area contributed by atoms with Gasteiger partial charge in [-0.25, -0.2) is 0 Å². The molecule has 0 amide bonds. The largest absolute Gasteiger partial charge is 0.342 e. The highest BCUT2D eigenvalue weighted by atomic mass is 31.2. The molecule has 0 saturated carbocycles. The van der Waals surface area contributed by atoms with E-state index in [1.807, 2.05) is 0 Å². The van der Waals surface area contributed by atoms with Crippen LogP contribution >= 0.6 is 15.2 Å². The van der Waals surface area contributed by atoms with Gasteiger partial charge in [-0.1, -0.05) is 184 Å². The fraction of sp³-hybridized carbons (Fsp3) is 0.619. The average Bonchev–Trinajstić information content (AvgIpc) is 3.24. The van der Waals surface area contributed by atoms with E-state index in [-0.39, 0.29) is 26.4 Å². The van der Waals surface area contributed by atoms with Crippen LogP contribution in [0.1, 0.15) is 189 Å². The highest BCUT2D eigenvalue weighted by Crippen LogP contribution is 2.71. The van der Waals surface area contributed by atoms with Crippen molar-refractivity contribution >= 4 is 15.2 Å². The van der Waals surface area contributed by atoms with Crippen molar-refractivity contribution in [1.82, 2.24) is 0 Å². The van der Waals surface area contributed by atoms with Gasteiger partial charge in [-0.05, 0) is 165 Å². The van der Waals surface area contributed by atoms with Crippen LogP contribution in [0.5, 0.6) is 0 Å². The number of benzene rings is 4. The number of hydrogen-bond acceptors (Lipinski definition) is 6. The minimum absolute atomic E-state index is 0.104. The molecule has 2 aliphatic heterocycles. The van der Waals surface area contributed by atoms with Crippen LogP contribution in [-0.4, -0.2) is 26.4 Å². The fourth-order valence-corrected chi connectivity index (χ4v) is 16.0. The normalized spacial score (nSPS) is 21.1. The maximum absolute atomic E-state index is 16.0. The number of hydrogen-bond donors (Lipinski definition) is 0. The summed E-state index contributed by atoms with van der Waals surface area (Å²) in [5.74, 6) is 3.59. The first-order valence-electron chi connectivity index (χ1n) is 27.6. The van der Waals surface area contributed by atoms with E-state index in [0.717, 1.165) is 73.6 Å². The molecule has 71 heavy (non-hydrogen) atoms. The van der Waals surface area contributed by atoms with Crippen LogP contribution in [0.25, 0.3) is 0 Å². The van der Waals surface area contributed by atoms with Crippen molar-refractivity contribution < 1.29 is 27.2 Å². The summed E-state index contributed by atoms with van der Waals surface area (Å²) in [6.45, 7) is 36.5. The lowest BCUT2D eigenvalue weighted by Gasteiger charge is -2.46. The Labute approximate surface area is 432 Å². The first kappa shape index (κ1) is 57.5. The standard InChI is InChI=1S/C63H94O6P2/c1-41(2)25-49-17-21-57(53(33-49)29-45(9)10)61(58-22-18-50(26-42(3)4)34-54(58)30-46(11)12)70(64)66-37-63(38-67-70)39-68-71(65,69-40-63)62(59-23-19-51(27-43(5)6)35-55(59)31-47(13)14)60-24-20-52(28-44(7)8)36-56(60)32-48(15)16/h17-24,33-36,41-48,61-62H,25-32,37-40H2,1-16H3. The Morgan fingerprint density at radius 2 is 0.535 bits per heavy atom. The van der Waals surface area contributed by atoms with Crippen molar-refractivity contribution in [3.05, 3.63) is 140 Å². The summed E-state index contributed by atoms with van der Waals surface area (Å²) in [6, 6.07) is 27.2. The van der Waals surface area contributed by atoms with E-state index in [2.05, 4.69) is 184 Å². The van der Waals surface area contributed by atoms with Gasteiger partial charge in [-0.15, -0.1) is 0 Å². The zero-order valence-corrected chi connectivity index (χ0v) is 48.8. The van der Waals surface area contributed by atoms with Gasteiger partial charge in [0.1, 0.15) is 11.3 Å². The van der Waals surface area contributed by atoms with Gasteiger partial charge in [0.15, 0.2) is 0 Å². The zero-order chi connectivity index (χ0) is 52.0. The number of rotatable bonds is 22. The Morgan fingerprint density at radius 3 is 0.718 bits per heavy atom. The lowest BCUT2D eigenvalue weighted by molar-refractivity contribution is -0.0703. The van der Waals surface area contributed by atoms with Crippen LogP contribution in [0.2, 0.25) is 0 Å². The topological polar surface area (TPSA) is 71.1 Å². The van der Waals surface area contributed by atoms with E-state index in [9.17, 15) is 0 Å². The molecular weight excluding hydrogens is 915 g/mol. The second-order valence-electron chi connectivity index (χ2n) is 25.4. The molecule has 6 rings (SSSR count). The van der Waals surface area contributed by atoms with Crippen LogP contribution in [0.3, 0.4) is 0 Å². The van der Waals surface area contributed by atoms with Gasteiger partial charge in [0.05, 0.1) is 31.8 Å². The lowest BCUT2D eigenvalue weighted by Crippen LogP contribution is -2.46. The first-order chi connectivity index (χ1) is 33.4. The molecule has 4 aromatic rings. The summed E-state index contributed by atoms with van der Waals surface area (Å²) in [4.78, 5) is 0. The monoisotopic (exact) mass is 1010 g/mol. The van der Waals surface area contributed by atoms with E-state index < -0.39 is 31.9 Å². The van der Waals surface area contributed by atoms with E-state index in [1.54, 1.807) is 0 Å². The lowest BCUT2D eigenvalue weighted by atomic mass is 9.86. The third-order valence-corrected chi connectivity index (χ3v) is 18.3. The third-order valence-electron chi connectivity index (χ3n) is 13.9. The Bertz CT molecular complexity index is 2140. The molecule has 392 valence electrons. The van der Waals surface area contributed by atoms with Crippen molar-refractivity contribution in [2.24, 2.45) is 52.8 Å². The molecule has 8 heteroatoms. The Kier molecular flexibility index (Phi) is 20.0. The van der Waals surface area contributed by atoms with Crippen LogP contribution in [0, 0.1) is 52.8 Å². The van der Waals surface area contributed by atoms with Gasteiger partial charge in [0.2, 0.25) is 0 Å². The smallest absolute Gasteiger partial charge is 0.307 e. The van der Waals surface area contributed by atoms with Gasteiger partial charge in [-0.2, -0.15) is 0 Å². The first-order valence-corrected chi connectivity index (χ1v) is 30.8. The quantitative estimate of drug-likeness (QED) is 0.0731. The molecule has 0 N–H and O–H groups in total. The molecule has 2 heterocycles. The maximum Gasteiger partial charge on any atom is 0.342 e. The van der Waals surface area contributed by atoms with Gasteiger partial charge in [0.25, 0.3) is 0 Å². The zero-order valence-electron chi connectivity index (χ0n) is 47.0. The average molecular weight is 1010 g/mol. The van der Waals surface area contributed by atoms with E-state index >= 15 is 9.13 Å². The molecular formula is C63H94O6P2. The minimum Gasteiger partial charge on any atom is -0.307 e. The van der Waals surface area contributed by atoms with Gasteiger partial charge in [0, 0.05) is 0 Å². The second-order valence-corrected chi connectivity index (χ2v) is 29.6. The second kappa shape index (κ2) is 24.7. The Balaban J connectivity index is 1.41. The maximum atomic E-state index is 16.0. The molecule has 2 aliphatic rings. The minimum atomic E-state index is -3.88. The van der Waals surface area contributed by atoms with Crippen LogP contribution < -0.4 is 0 Å². The molecule has 1 spiro atoms. The van der Waals surface area contributed by atoms with E-state index in [0.29, 0.717) is 47.3 Å². The fourth-order valence-electron chi connectivity index (χ4n) is 11.1. The summed E-state index contributed by atoms with van der Waals surface area (Å²) in [7, 11) is -7.77. The summed E-state index contributed by atoms with van der Waals surface area (Å²) in [5.41, 5.74) is 12.0. The molecule has 0 aliphatic carbocycles. The van der Waals surface area contributed by atoms with Gasteiger partial charge in [-0.3, -0.25) is 9.13 Å². The molecule has 0 atom stereocenters. The predicted molar refractivity (Wildman–Crippen MR) is 299 cm³/mol. The Hall–Kier alpha value is -2.82. The predicted octanol–water partition coefficient (Wildman–Crippen LogP) is 17.6. The summed E-state index contributed by atoms with van der Waals surface area (Å²) < 4.78 is 59.4. The van der Waals surface area contributed by atoms with Crippen molar-refractivity contribution in [2.75, 3.05) is 26.4 Å². The molecule has 6 nitrogen and oxygen atoms in total. The third kappa shape index (κ3) is 15.2. The van der Waals surface area contributed by atoms with Crippen LogP contribution in [-0.2, 0) is 78.6 Å². The molecule has 0 unspecified atom stereocenters. The van der Waals surface area contributed by atoms with Gasteiger partial charge >= 0.3 is 15.2 Å². The van der Waals surface area contributed by atoms with Crippen molar-refractivity contribution in [3.63, 3.8) is 0 Å². The molecule has 0 bridgehead atoms. The van der Waals surface area contributed by atoms with Crippen LogP contribution in [0.4, 0.5) is 0 Å². The van der Waals surface area contributed by atoms with E-state index in [1.165, 1.54) is 44.5 Å². The van der Waals surface area contributed by atoms with Crippen LogP contribution in [0.15, 0.2) is 72.8 Å². The molecule has 2 fully saturated rings. The van der Waals surface area contributed by atoms with Crippen molar-refractivity contribution in [1.29, 1.82) is 0 Å². The van der Waals surface area contributed by atoms with Crippen molar-refractivity contribution in [3.8, 4) is 0 Å². The van der Waals surface area contributed by atoms with E-state index in [4.69, 9.17) is 18.1 Å². The Morgan fingerprint density at radius 1 is 0.338 bits per heavy atom. The SMILES string of the molecule is CC(C)Cc1ccc(C(c2ccc(CC(C)C)cc2CC(C)C)P2(=O)OCC3(CO2)COP(=O)(C(c2ccc(CC(C)C)cc2CC(C)C)c2ccc(CC(C)C)cc2CC(C)C)OC3)c(CC(C)C)c1. The molecule has 0 aromatic heterocycles. The molecule has 2 saturated heterocycles. The summed E-state index contributed by atoms with van der Waals surface area (Å²) in [5, 5.41) is 0. The molecule has 0 radical (unpaired) electrons. The highest BCUT2D eigenvalue weighted by Gasteiger charge is 2.54. The summed E-state index contributed by atoms with van der Waals surface area (Å²) >= 11 is 0. The highest BCUT2D eigenvalue weighted by molar-refractivity contribution is 7.55. The van der Waals surface area contributed by atoms with Crippen molar-refractivity contribution in [2.45, 2.75) is 173 Å². The molecule has 4 aromatic carbocycles.